The van der Waals surface area contributed by atoms with Crippen LogP contribution in [-0.2, 0) is 6.54 Å². The minimum atomic E-state index is -0.124. The maximum atomic E-state index is 13.9. The van der Waals surface area contributed by atoms with Gasteiger partial charge in [0.25, 0.3) is 0 Å². The lowest BCUT2D eigenvalue weighted by Gasteiger charge is -2.38. The Labute approximate surface area is 126 Å². The number of nitrogens with two attached hydrogens (primary N) is 1. The van der Waals surface area contributed by atoms with E-state index in [4.69, 9.17) is 5.73 Å². The molecule has 0 radical (unpaired) electrons. The van der Waals surface area contributed by atoms with Gasteiger partial charge in [0.1, 0.15) is 5.82 Å². The van der Waals surface area contributed by atoms with Crippen LogP contribution in [0.2, 0.25) is 0 Å². The van der Waals surface area contributed by atoms with Gasteiger partial charge in [-0.05, 0) is 39.3 Å². The lowest BCUT2D eigenvalue weighted by molar-refractivity contribution is 0.119. The van der Waals surface area contributed by atoms with Crippen molar-refractivity contribution in [1.29, 1.82) is 0 Å². The first kappa shape index (κ1) is 14.9. The first-order valence-electron chi connectivity index (χ1n) is 7.96. The highest BCUT2D eigenvalue weighted by Crippen LogP contribution is 2.39. The molecule has 1 aliphatic carbocycles. The van der Waals surface area contributed by atoms with E-state index in [0.29, 0.717) is 19.1 Å². The van der Waals surface area contributed by atoms with Crippen molar-refractivity contribution in [2.24, 2.45) is 5.73 Å². The van der Waals surface area contributed by atoms with Crippen LogP contribution in [0.3, 0.4) is 0 Å². The number of halogens is 1. The first-order chi connectivity index (χ1) is 10.1. The average Bonchev–Trinajstić information content (AvgIpc) is 3.25. The molecule has 3 rings (SSSR count). The van der Waals surface area contributed by atoms with Crippen molar-refractivity contribution in [2.45, 2.75) is 50.4 Å². The Balaban J connectivity index is 1.75. The van der Waals surface area contributed by atoms with E-state index in [1.54, 1.807) is 6.07 Å². The predicted molar refractivity (Wildman–Crippen MR) is 83.5 cm³/mol. The van der Waals surface area contributed by atoms with Crippen molar-refractivity contribution in [3.05, 3.63) is 35.6 Å². The van der Waals surface area contributed by atoms with Gasteiger partial charge in [0.2, 0.25) is 0 Å². The lowest BCUT2D eigenvalue weighted by Crippen LogP contribution is -2.53. The van der Waals surface area contributed by atoms with Crippen LogP contribution in [0.5, 0.6) is 0 Å². The molecule has 2 aliphatic rings. The summed E-state index contributed by atoms with van der Waals surface area (Å²) in [5.74, 6) is -0.124. The van der Waals surface area contributed by atoms with E-state index in [0.717, 1.165) is 24.6 Å². The first-order valence-corrected chi connectivity index (χ1v) is 7.96. The predicted octanol–water partition coefficient (Wildman–Crippen LogP) is 2.21. The highest BCUT2D eigenvalue weighted by molar-refractivity contribution is 5.18. The van der Waals surface area contributed by atoms with Gasteiger partial charge in [0.15, 0.2) is 0 Å². The smallest absolute Gasteiger partial charge is 0.127 e. The van der Waals surface area contributed by atoms with Crippen LogP contribution in [0.4, 0.5) is 4.39 Å². The summed E-state index contributed by atoms with van der Waals surface area (Å²) < 4.78 is 13.9. The summed E-state index contributed by atoms with van der Waals surface area (Å²) in [5.41, 5.74) is 6.88. The molecule has 1 aliphatic heterocycles. The molecule has 1 aromatic rings. The number of hydrogen-bond acceptors (Lipinski definition) is 3. The lowest BCUT2D eigenvalue weighted by atomic mass is 9.94. The van der Waals surface area contributed by atoms with Gasteiger partial charge in [-0.25, -0.2) is 4.39 Å². The number of benzene rings is 1. The molecule has 2 N–H and O–H groups in total. The molecule has 0 spiro atoms. The third-order valence-electron chi connectivity index (χ3n) is 5.29. The summed E-state index contributed by atoms with van der Waals surface area (Å²) in [5, 5.41) is 0. The Kier molecular flexibility index (Phi) is 4.04. The summed E-state index contributed by atoms with van der Waals surface area (Å²) in [4.78, 5) is 4.87. The van der Waals surface area contributed by atoms with Crippen LogP contribution in [0.15, 0.2) is 24.3 Å². The molecule has 1 heterocycles. The SMILES string of the molecule is CC1CC(CN)(N(C)Cc2ccccc2F)CN1C1CC1. The normalized spacial score (nSPS) is 30.2. The third-order valence-corrected chi connectivity index (χ3v) is 5.29. The standard InChI is InChI=1S/C17H26FN3/c1-13-9-17(11-19,12-21(13)15-7-8-15)20(2)10-14-5-3-4-6-16(14)18/h3-6,13,15H,7-12,19H2,1-2H3. The zero-order valence-corrected chi connectivity index (χ0v) is 13.1. The summed E-state index contributed by atoms with van der Waals surface area (Å²) in [6, 6.07) is 8.37. The quantitative estimate of drug-likeness (QED) is 0.903. The van der Waals surface area contributed by atoms with E-state index in [-0.39, 0.29) is 11.4 Å². The molecule has 2 unspecified atom stereocenters. The minimum absolute atomic E-state index is 0.0235. The number of likely N-dealkylation sites (tertiary alicyclic amines) is 1. The van der Waals surface area contributed by atoms with E-state index in [2.05, 4.69) is 23.8 Å². The largest absolute Gasteiger partial charge is 0.329 e. The van der Waals surface area contributed by atoms with Gasteiger partial charge in [-0.15, -0.1) is 0 Å². The van der Waals surface area contributed by atoms with Crippen molar-refractivity contribution < 1.29 is 4.39 Å². The summed E-state index contributed by atoms with van der Waals surface area (Å²) in [6.45, 7) is 4.56. The molecule has 3 nitrogen and oxygen atoms in total. The number of likely N-dealkylation sites (N-methyl/N-ethyl adjacent to an activating group) is 1. The van der Waals surface area contributed by atoms with Crippen LogP contribution < -0.4 is 5.73 Å². The van der Waals surface area contributed by atoms with Crippen molar-refractivity contribution in [2.75, 3.05) is 20.1 Å². The maximum Gasteiger partial charge on any atom is 0.127 e. The molecule has 1 aromatic carbocycles. The average molecular weight is 291 g/mol. The Morgan fingerprint density at radius 3 is 2.71 bits per heavy atom. The number of nitrogens with zero attached hydrogens (tertiary/aromatic N) is 2. The van der Waals surface area contributed by atoms with Crippen LogP contribution >= 0.6 is 0 Å². The summed E-state index contributed by atoms with van der Waals surface area (Å²) in [6.07, 6.45) is 3.72. The number of rotatable bonds is 5. The second kappa shape index (κ2) is 5.67. The Bertz CT molecular complexity index is 503. The van der Waals surface area contributed by atoms with E-state index in [9.17, 15) is 4.39 Å². The fourth-order valence-electron chi connectivity index (χ4n) is 3.75. The van der Waals surface area contributed by atoms with Gasteiger partial charge in [-0.3, -0.25) is 9.80 Å². The van der Waals surface area contributed by atoms with Gasteiger partial charge in [0.05, 0.1) is 0 Å². The molecule has 0 bridgehead atoms. The monoisotopic (exact) mass is 291 g/mol. The molecular formula is C17H26FN3. The van der Waals surface area contributed by atoms with Crippen molar-refractivity contribution in [1.82, 2.24) is 9.80 Å². The van der Waals surface area contributed by atoms with Gasteiger partial charge >= 0.3 is 0 Å². The molecule has 1 saturated heterocycles. The van der Waals surface area contributed by atoms with Crippen LogP contribution in [0.25, 0.3) is 0 Å². The molecule has 2 atom stereocenters. The molecule has 116 valence electrons. The van der Waals surface area contributed by atoms with Crippen LogP contribution in [-0.4, -0.2) is 47.6 Å². The molecular weight excluding hydrogens is 265 g/mol. The molecule has 4 heteroatoms. The van der Waals surface area contributed by atoms with Gasteiger partial charge < -0.3 is 5.73 Å². The molecule has 0 aromatic heterocycles. The van der Waals surface area contributed by atoms with Gasteiger partial charge in [-0.1, -0.05) is 18.2 Å². The van der Waals surface area contributed by atoms with Crippen molar-refractivity contribution >= 4 is 0 Å². The van der Waals surface area contributed by atoms with Crippen LogP contribution in [0.1, 0.15) is 31.7 Å². The van der Waals surface area contributed by atoms with Gasteiger partial charge in [-0.2, -0.15) is 0 Å². The Hall–Kier alpha value is -0.970. The van der Waals surface area contributed by atoms with Crippen molar-refractivity contribution in [3.63, 3.8) is 0 Å². The van der Waals surface area contributed by atoms with E-state index >= 15 is 0 Å². The highest BCUT2D eigenvalue weighted by Gasteiger charge is 2.48. The molecule has 1 saturated carbocycles. The fourth-order valence-corrected chi connectivity index (χ4v) is 3.75. The van der Waals surface area contributed by atoms with Gasteiger partial charge in [0, 0.05) is 42.8 Å². The fraction of sp³-hybridized carbons (Fsp3) is 0.647. The zero-order chi connectivity index (χ0) is 15.0. The second-order valence-electron chi connectivity index (χ2n) is 6.83. The topological polar surface area (TPSA) is 32.5 Å². The maximum absolute atomic E-state index is 13.9. The Morgan fingerprint density at radius 1 is 1.38 bits per heavy atom. The molecule has 2 fully saturated rings. The zero-order valence-electron chi connectivity index (χ0n) is 13.1. The number of hydrogen-bond donors (Lipinski definition) is 1. The van der Waals surface area contributed by atoms with E-state index in [1.165, 1.54) is 18.9 Å². The molecule has 0 amide bonds. The highest BCUT2D eigenvalue weighted by atomic mass is 19.1. The van der Waals surface area contributed by atoms with Crippen molar-refractivity contribution in [3.8, 4) is 0 Å². The second-order valence-corrected chi connectivity index (χ2v) is 6.83. The molecule has 21 heavy (non-hydrogen) atoms. The Morgan fingerprint density at radius 2 is 2.10 bits per heavy atom. The van der Waals surface area contributed by atoms with E-state index in [1.807, 2.05) is 12.1 Å². The third kappa shape index (κ3) is 2.85. The van der Waals surface area contributed by atoms with Crippen LogP contribution in [0, 0.1) is 5.82 Å². The summed E-state index contributed by atoms with van der Waals surface area (Å²) in [7, 11) is 2.09. The van der Waals surface area contributed by atoms with E-state index < -0.39 is 0 Å². The minimum Gasteiger partial charge on any atom is -0.329 e. The summed E-state index contributed by atoms with van der Waals surface area (Å²) >= 11 is 0.